The molecule has 2 heterocycles. The van der Waals surface area contributed by atoms with Crippen LogP contribution in [0, 0.1) is 17.1 Å². The van der Waals surface area contributed by atoms with Crippen molar-refractivity contribution in [2.45, 2.75) is 0 Å². The highest BCUT2D eigenvalue weighted by molar-refractivity contribution is 5.93. The molecule has 0 aliphatic carbocycles. The second kappa shape index (κ2) is 4.21. The van der Waals surface area contributed by atoms with Gasteiger partial charge in [0, 0.05) is 36.0 Å². The standard InChI is InChI=1S/C15H10FN3/c1-19-9-10(7-11(19)8-17)12-4-5-14(16)13-3-2-6-18-15(12)13/h2-7,9H,1H3. The number of hydrogen-bond donors (Lipinski definition) is 0. The van der Waals surface area contributed by atoms with Crippen molar-refractivity contribution in [3.63, 3.8) is 0 Å². The molecule has 3 nitrogen and oxygen atoms in total. The largest absolute Gasteiger partial charge is 0.342 e. The van der Waals surface area contributed by atoms with Crippen LogP contribution in [0.1, 0.15) is 5.69 Å². The van der Waals surface area contributed by atoms with E-state index < -0.39 is 0 Å². The Kier molecular flexibility index (Phi) is 2.53. The average Bonchev–Trinajstić information content (AvgIpc) is 2.80. The molecule has 0 aliphatic rings. The molecule has 1 aromatic carbocycles. The van der Waals surface area contributed by atoms with Crippen LogP contribution < -0.4 is 0 Å². The number of aryl methyl sites for hydroxylation is 1. The molecular formula is C15H10FN3. The highest BCUT2D eigenvalue weighted by Crippen LogP contribution is 2.29. The second-order valence-electron chi connectivity index (χ2n) is 4.33. The quantitative estimate of drug-likeness (QED) is 0.666. The zero-order valence-corrected chi connectivity index (χ0v) is 10.3. The maximum Gasteiger partial charge on any atom is 0.132 e. The van der Waals surface area contributed by atoms with Gasteiger partial charge in [0.2, 0.25) is 0 Å². The summed E-state index contributed by atoms with van der Waals surface area (Å²) in [6, 6.07) is 10.4. The number of hydrogen-bond acceptors (Lipinski definition) is 2. The molecule has 3 rings (SSSR count). The van der Waals surface area contributed by atoms with Crippen LogP contribution in [0.15, 0.2) is 42.7 Å². The van der Waals surface area contributed by atoms with Crippen molar-refractivity contribution in [1.29, 1.82) is 5.26 Å². The normalized spacial score (nSPS) is 10.6. The summed E-state index contributed by atoms with van der Waals surface area (Å²) in [6.07, 6.45) is 3.49. The lowest BCUT2D eigenvalue weighted by Crippen LogP contribution is -1.88. The Labute approximate surface area is 109 Å². The molecule has 0 radical (unpaired) electrons. The smallest absolute Gasteiger partial charge is 0.132 e. The van der Waals surface area contributed by atoms with E-state index >= 15 is 0 Å². The van der Waals surface area contributed by atoms with Gasteiger partial charge in [0.15, 0.2) is 0 Å². The van der Waals surface area contributed by atoms with Crippen LogP contribution in [0.4, 0.5) is 4.39 Å². The molecule has 2 aromatic heterocycles. The second-order valence-corrected chi connectivity index (χ2v) is 4.33. The minimum atomic E-state index is -0.289. The number of fused-ring (bicyclic) bond motifs is 1. The number of rotatable bonds is 1. The van der Waals surface area contributed by atoms with Crippen LogP contribution >= 0.6 is 0 Å². The van der Waals surface area contributed by atoms with Gasteiger partial charge < -0.3 is 4.57 Å². The van der Waals surface area contributed by atoms with Crippen molar-refractivity contribution in [2.75, 3.05) is 0 Å². The number of pyridine rings is 1. The summed E-state index contributed by atoms with van der Waals surface area (Å²) in [5, 5.41) is 9.48. The van der Waals surface area contributed by atoms with Crippen molar-refractivity contribution in [3.05, 3.63) is 54.2 Å². The minimum Gasteiger partial charge on any atom is -0.342 e. The van der Waals surface area contributed by atoms with Crippen molar-refractivity contribution < 1.29 is 4.39 Å². The Balaban J connectivity index is 2.31. The molecular weight excluding hydrogens is 241 g/mol. The average molecular weight is 251 g/mol. The van der Waals surface area contributed by atoms with Crippen LogP contribution in [0.25, 0.3) is 22.0 Å². The third-order valence-corrected chi connectivity index (χ3v) is 3.15. The molecule has 0 unspecified atom stereocenters. The van der Waals surface area contributed by atoms with Gasteiger partial charge in [-0.1, -0.05) is 0 Å². The van der Waals surface area contributed by atoms with Crippen LogP contribution in [-0.4, -0.2) is 9.55 Å². The summed E-state index contributed by atoms with van der Waals surface area (Å²) < 4.78 is 15.5. The molecule has 0 N–H and O–H groups in total. The minimum absolute atomic E-state index is 0.289. The maximum atomic E-state index is 13.7. The molecule has 0 aliphatic heterocycles. The molecule has 92 valence electrons. The van der Waals surface area contributed by atoms with Gasteiger partial charge in [-0.15, -0.1) is 0 Å². The van der Waals surface area contributed by atoms with Crippen LogP contribution in [-0.2, 0) is 7.05 Å². The summed E-state index contributed by atoms with van der Waals surface area (Å²) in [6.45, 7) is 0. The van der Waals surface area contributed by atoms with E-state index in [1.165, 1.54) is 6.07 Å². The third-order valence-electron chi connectivity index (χ3n) is 3.15. The van der Waals surface area contributed by atoms with Gasteiger partial charge in [-0.05, 0) is 30.3 Å². The van der Waals surface area contributed by atoms with Gasteiger partial charge in [0.05, 0.1) is 5.52 Å². The third kappa shape index (κ3) is 1.76. The van der Waals surface area contributed by atoms with E-state index in [9.17, 15) is 4.39 Å². The molecule has 0 saturated heterocycles. The molecule has 0 saturated carbocycles. The van der Waals surface area contributed by atoms with Gasteiger partial charge >= 0.3 is 0 Å². The predicted molar refractivity (Wildman–Crippen MR) is 70.8 cm³/mol. The summed E-state index contributed by atoms with van der Waals surface area (Å²) >= 11 is 0. The Morgan fingerprint density at radius 2 is 2.16 bits per heavy atom. The summed E-state index contributed by atoms with van der Waals surface area (Å²) in [7, 11) is 1.81. The van der Waals surface area contributed by atoms with Crippen LogP contribution in [0.3, 0.4) is 0 Å². The molecule has 0 bridgehead atoms. The van der Waals surface area contributed by atoms with Gasteiger partial charge in [-0.25, -0.2) is 4.39 Å². The predicted octanol–water partition coefficient (Wildman–Crippen LogP) is 3.25. The Morgan fingerprint density at radius 3 is 2.89 bits per heavy atom. The lowest BCUT2D eigenvalue weighted by Gasteiger charge is -2.04. The fourth-order valence-electron chi connectivity index (χ4n) is 2.19. The van der Waals surface area contributed by atoms with Gasteiger partial charge in [-0.2, -0.15) is 5.26 Å². The SMILES string of the molecule is Cn1cc(-c2ccc(F)c3cccnc23)cc1C#N. The number of nitrogens with zero attached hydrogens (tertiary/aromatic N) is 3. The monoisotopic (exact) mass is 251 g/mol. The molecule has 3 aromatic rings. The van der Waals surface area contributed by atoms with Gasteiger partial charge in [0.25, 0.3) is 0 Å². The molecule has 0 fully saturated rings. The first kappa shape index (κ1) is 11.4. The highest BCUT2D eigenvalue weighted by atomic mass is 19.1. The van der Waals surface area contributed by atoms with E-state index in [-0.39, 0.29) is 5.82 Å². The summed E-state index contributed by atoms with van der Waals surface area (Å²) in [5.74, 6) is -0.289. The summed E-state index contributed by atoms with van der Waals surface area (Å²) in [4.78, 5) is 4.25. The van der Waals surface area contributed by atoms with Crippen molar-refractivity contribution in [1.82, 2.24) is 9.55 Å². The zero-order valence-electron chi connectivity index (χ0n) is 10.3. The van der Waals surface area contributed by atoms with E-state index in [0.717, 1.165) is 11.1 Å². The van der Waals surface area contributed by atoms with E-state index in [4.69, 9.17) is 5.26 Å². The molecule has 4 heteroatoms. The van der Waals surface area contributed by atoms with Crippen LogP contribution in [0.5, 0.6) is 0 Å². The van der Waals surface area contributed by atoms with E-state index in [0.29, 0.717) is 16.6 Å². The number of nitriles is 1. The molecule has 19 heavy (non-hydrogen) atoms. The van der Waals surface area contributed by atoms with Crippen molar-refractivity contribution >= 4 is 10.9 Å². The Morgan fingerprint density at radius 1 is 1.32 bits per heavy atom. The lowest BCUT2D eigenvalue weighted by atomic mass is 10.0. The molecule has 0 atom stereocenters. The van der Waals surface area contributed by atoms with Crippen molar-refractivity contribution in [2.24, 2.45) is 7.05 Å². The van der Waals surface area contributed by atoms with Crippen LogP contribution in [0.2, 0.25) is 0 Å². The summed E-state index contributed by atoms with van der Waals surface area (Å²) in [5.41, 5.74) is 2.86. The fraction of sp³-hybridized carbons (Fsp3) is 0.0667. The number of aromatic nitrogens is 2. The molecule has 0 amide bonds. The first-order valence-corrected chi connectivity index (χ1v) is 5.81. The topological polar surface area (TPSA) is 41.6 Å². The van der Waals surface area contributed by atoms with E-state index in [2.05, 4.69) is 11.1 Å². The first-order chi connectivity index (χ1) is 9.20. The zero-order chi connectivity index (χ0) is 13.4. The van der Waals surface area contributed by atoms with E-state index in [1.807, 2.05) is 6.20 Å². The van der Waals surface area contributed by atoms with Gasteiger partial charge in [-0.3, -0.25) is 4.98 Å². The maximum absolute atomic E-state index is 13.7. The fourth-order valence-corrected chi connectivity index (χ4v) is 2.19. The molecule has 0 spiro atoms. The highest BCUT2D eigenvalue weighted by Gasteiger charge is 2.11. The van der Waals surface area contributed by atoms with Crippen molar-refractivity contribution in [3.8, 4) is 17.2 Å². The first-order valence-electron chi connectivity index (χ1n) is 5.81. The Hall–Kier alpha value is -2.67. The lowest BCUT2D eigenvalue weighted by molar-refractivity contribution is 0.639. The Bertz CT molecular complexity index is 812. The van der Waals surface area contributed by atoms with E-state index in [1.54, 1.807) is 42.1 Å². The van der Waals surface area contributed by atoms with Gasteiger partial charge in [0.1, 0.15) is 17.6 Å². The number of halogens is 1. The number of benzene rings is 1.